The highest BCUT2D eigenvalue weighted by Gasteiger charge is 2.22. The highest BCUT2D eigenvalue weighted by Crippen LogP contribution is 2.36. The molecule has 0 aliphatic carbocycles. The second-order valence-corrected chi connectivity index (χ2v) is 7.55. The summed E-state index contributed by atoms with van der Waals surface area (Å²) in [5, 5.41) is 1.15. The molecule has 1 aliphatic heterocycles. The van der Waals surface area contributed by atoms with Crippen molar-refractivity contribution in [2.45, 2.75) is 0 Å². The third-order valence-corrected chi connectivity index (χ3v) is 5.55. The predicted molar refractivity (Wildman–Crippen MR) is 103 cm³/mol. The summed E-state index contributed by atoms with van der Waals surface area (Å²) in [6.45, 7) is 2.62. The third kappa shape index (κ3) is 3.20. The number of fused-ring (bicyclic) bond motifs is 1. The Labute approximate surface area is 159 Å². The van der Waals surface area contributed by atoms with Crippen LogP contribution in [0.25, 0.3) is 21.6 Å². The van der Waals surface area contributed by atoms with Gasteiger partial charge in [0.2, 0.25) is 5.95 Å². The Morgan fingerprint density at radius 3 is 2.65 bits per heavy atom. The zero-order chi connectivity index (χ0) is 18.3. The minimum atomic E-state index is -0.412. The Balaban J connectivity index is 1.92. The topological polar surface area (TPSA) is 54.4 Å². The second kappa shape index (κ2) is 6.94. The summed E-state index contributed by atoms with van der Waals surface area (Å²) in [7, 11) is 3.83. The number of thiazole rings is 1. The fraction of sp³-hybridized carbons (Fsp3) is 0.353. The molecule has 1 fully saturated rings. The number of halogens is 2. The van der Waals surface area contributed by atoms with Gasteiger partial charge in [-0.3, -0.25) is 0 Å². The first kappa shape index (κ1) is 17.4. The lowest BCUT2D eigenvalue weighted by Gasteiger charge is -2.27. The van der Waals surface area contributed by atoms with Gasteiger partial charge in [0.1, 0.15) is 10.5 Å². The number of rotatable bonds is 3. The predicted octanol–water partition coefficient (Wildman–Crippen LogP) is 3.45. The smallest absolute Gasteiger partial charge is 0.228 e. The van der Waals surface area contributed by atoms with Crippen molar-refractivity contribution in [2.75, 3.05) is 50.2 Å². The fourth-order valence-corrected chi connectivity index (χ4v) is 3.85. The van der Waals surface area contributed by atoms with Crippen molar-refractivity contribution < 1.29 is 9.13 Å². The molecule has 0 bridgehead atoms. The van der Waals surface area contributed by atoms with Gasteiger partial charge in [-0.05, 0) is 18.2 Å². The van der Waals surface area contributed by atoms with Crippen LogP contribution in [0.3, 0.4) is 0 Å². The van der Waals surface area contributed by atoms with Gasteiger partial charge < -0.3 is 14.5 Å². The van der Waals surface area contributed by atoms with Crippen LogP contribution in [0.5, 0.6) is 0 Å². The van der Waals surface area contributed by atoms with Crippen LogP contribution in [0.1, 0.15) is 0 Å². The fourth-order valence-electron chi connectivity index (χ4n) is 2.76. The van der Waals surface area contributed by atoms with E-state index in [1.54, 1.807) is 12.1 Å². The molecule has 26 heavy (non-hydrogen) atoms. The SMILES string of the molecule is CN(C)c1nc2nc(N3CCOCC3)nc(-c3ccc(Cl)cc3F)c2s1. The maximum absolute atomic E-state index is 14.6. The summed E-state index contributed by atoms with van der Waals surface area (Å²) in [4.78, 5) is 17.8. The highest BCUT2D eigenvalue weighted by atomic mass is 35.5. The largest absolute Gasteiger partial charge is 0.378 e. The Morgan fingerprint density at radius 2 is 1.96 bits per heavy atom. The van der Waals surface area contributed by atoms with Crippen LogP contribution in [0.4, 0.5) is 15.5 Å². The third-order valence-electron chi connectivity index (χ3n) is 4.09. The van der Waals surface area contributed by atoms with E-state index in [1.807, 2.05) is 23.9 Å². The molecule has 1 aliphatic rings. The van der Waals surface area contributed by atoms with Crippen molar-refractivity contribution in [1.82, 2.24) is 15.0 Å². The minimum Gasteiger partial charge on any atom is -0.378 e. The second-order valence-electron chi connectivity index (χ2n) is 6.14. The van der Waals surface area contributed by atoms with Crippen LogP contribution in [-0.2, 0) is 4.74 Å². The molecule has 9 heteroatoms. The minimum absolute atomic E-state index is 0.350. The van der Waals surface area contributed by atoms with Crippen LogP contribution in [0.15, 0.2) is 18.2 Å². The van der Waals surface area contributed by atoms with Gasteiger partial charge in [-0.25, -0.2) is 9.37 Å². The van der Waals surface area contributed by atoms with Crippen molar-refractivity contribution in [3.63, 3.8) is 0 Å². The molecule has 0 unspecified atom stereocenters. The molecule has 0 radical (unpaired) electrons. The lowest BCUT2D eigenvalue weighted by atomic mass is 10.1. The molecule has 1 aromatic carbocycles. The molecule has 3 aromatic rings. The first-order valence-electron chi connectivity index (χ1n) is 8.17. The van der Waals surface area contributed by atoms with E-state index in [-0.39, 0.29) is 0 Å². The summed E-state index contributed by atoms with van der Waals surface area (Å²) in [6.07, 6.45) is 0. The molecular formula is C17H17ClFN5OS. The van der Waals surface area contributed by atoms with Gasteiger partial charge in [0.25, 0.3) is 0 Å². The quantitative estimate of drug-likeness (QED) is 0.679. The molecule has 2 aromatic heterocycles. The summed E-state index contributed by atoms with van der Waals surface area (Å²) in [5.74, 6) is 0.131. The van der Waals surface area contributed by atoms with Crippen molar-refractivity contribution in [3.8, 4) is 11.3 Å². The Hall–Kier alpha value is -2.03. The van der Waals surface area contributed by atoms with E-state index in [4.69, 9.17) is 16.3 Å². The number of nitrogens with zero attached hydrogens (tertiary/aromatic N) is 5. The van der Waals surface area contributed by atoms with Crippen molar-refractivity contribution in [1.29, 1.82) is 0 Å². The van der Waals surface area contributed by atoms with Crippen LogP contribution in [0.2, 0.25) is 5.02 Å². The molecule has 0 saturated carbocycles. The summed E-state index contributed by atoms with van der Waals surface area (Å²) < 4.78 is 20.8. The maximum Gasteiger partial charge on any atom is 0.228 e. The number of morpholine rings is 1. The van der Waals surface area contributed by atoms with Gasteiger partial charge in [-0.2, -0.15) is 9.97 Å². The number of benzene rings is 1. The lowest BCUT2D eigenvalue weighted by molar-refractivity contribution is 0.122. The van der Waals surface area contributed by atoms with E-state index in [2.05, 4.69) is 15.0 Å². The first-order chi connectivity index (χ1) is 12.5. The van der Waals surface area contributed by atoms with Crippen molar-refractivity contribution in [2.24, 2.45) is 0 Å². The van der Waals surface area contributed by atoms with E-state index in [1.165, 1.54) is 17.4 Å². The van der Waals surface area contributed by atoms with E-state index in [9.17, 15) is 4.39 Å². The molecule has 1 saturated heterocycles. The van der Waals surface area contributed by atoms with E-state index < -0.39 is 5.82 Å². The van der Waals surface area contributed by atoms with Gasteiger partial charge in [0.15, 0.2) is 10.8 Å². The Morgan fingerprint density at radius 1 is 1.19 bits per heavy atom. The Bertz CT molecular complexity index is 958. The first-order valence-corrected chi connectivity index (χ1v) is 9.36. The molecule has 0 spiro atoms. The number of hydrogen-bond acceptors (Lipinski definition) is 7. The van der Waals surface area contributed by atoms with Gasteiger partial charge in [-0.1, -0.05) is 22.9 Å². The van der Waals surface area contributed by atoms with Crippen LogP contribution in [-0.4, -0.2) is 55.4 Å². The molecule has 4 rings (SSSR count). The highest BCUT2D eigenvalue weighted by molar-refractivity contribution is 7.22. The number of aromatic nitrogens is 3. The zero-order valence-corrected chi connectivity index (χ0v) is 15.9. The Kier molecular flexibility index (Phi) is 4.64. The van der Waals surface area contributed by atoms with E-state index in [0.717, 1.165) is 9.83 Å². The van der Waals surface area contributed by atoms with E-state index in [0.29, 0.717) is 54.2 Å². The summed E-state index contributed by atoms with van der Waals surface area (Å²) in [5.41, 5.74) is 1.50. The number of ether oxygens (including phenoxy) is 1. The van der Waals surface area contributed by atoms with Gasteiger partial charge in [0.05, 0.1) is 18.9 Å². The molecule has 3 heterocycles. The van der Waals surface area contributed by atoms with Crippen LogP contribution < -0.4 is 9.80 Å². The average Bonchev–Trinajstić information content (AvgIpc) is 3.06. The standard InChI is InChI=1S/C17H17ClFN5OS/c1-23(2)17-22-15-14(26-17)13(11-4-3-10(18)9-12(11)19)20-16(21-15)24-5-7-25-8-6-24/h3-4,9H,5-8H2,1-2H3. The lowest BCUT2D eigenvalue weighted by Crippen LogP contribution is -2.37. The van der Waals surface area contributed by atoms with Gasteiger partial charge in [0, 0.05) is 37.8 Å². The zero-order valence-electron chi connectivity index (χ0n) is 14.4. The average molecular weight is 394 g/mol. The molecule has 136 valence electrons. The summed E-state index contributed by atoms with van der Waals surface area (Å²) >= 11 is 7.35. The number of hydrogen-bond donors (Lipinski definition) is 0. The molecular weight excluding hydrogens is 377 g/mol. The van der Waals surface area contributed by atoms with E-state index >= 15 is 0 Å². The van der Waals surface area contributed by atoms with Gasteiger partial charge in [-0.15, -0.1) is 0 Å². The van der Waals surface area contributed by atoms with Crippen LogP contribution in [0, 0.1) is 5.82 Å². The normalized spacial score (nSPS) is 14.8. The molecule has 0 atom stereocenters. The monoisotopic (exact) mass is 393 g/mol. The molecule has 6 nitrogen and oxygen atoms in total. The van der Waals surface area contributed by atoms with Crippen molar-refractivity contribution >= 4 is 44.4 Å². The maximum atomic E-state index is 14.6. The molecule has 0 amide bonds. The van der Waals surface area contributed by atoms with Crippen molar-refractivity contribution in [3.05, 3.63) is 29.0 Å². The van der Waals surface area contributed by atoms with Crippen LogP contribution >= 0.6 is 22.9 Å². The van der Waals surface area contributed by atoms with Gasteiger partial charge >= 0.3 is 0 Å². The summed E-state index contributed by atoms with van der Waals surface area (Å²) in [6, 6.07) is 4.61. The molecule has 0 N–H and O–H groups in total. The number of anilines is 2.